The molecule has 1 aliphatic rings. The van der Waals surface area contributed by atoms with Crippen molar-refractivity contribution in [1.82, 2.24) is 0 Å². The number of nitrogens with one attached hydrogen (secondary N) is 2. The number of nitrogens with zero attached hydrogens (tertiary/aromatic N) is 1. The number of halogens is 3. The average Bonchev–Trinajstić information content (AvgIpc) is 3.09. The number of hydrogen-bond acceptors (Lipinski definition) is 4. The van der Waals surface area contributed by atoms with Crippen LogP contribution in [0.4, 0.5) is 17.1 Å². The van der Waals surface area contributed by atoms with Crippen molar-refractivity contribution in [3.8, 4) is 0 Å². The number of rotatable bonds is 7. The van der Waals surface area contributed by atoms with Crippen molar-refractivity contribution in [3.05, 3.63) is 98.1 Å². The van der Waals surface area contributed by atoms with E-state index in [1.165, 1.54) is 6.07 Å². The predicted molar refractivity (Wildman–Crippen MR) is 145 cm³/mol. The van der Waals surface area contributed by atoms with Crippen LogP contribution in [0.1, 0.15) is 35.3 Å². The lowest BCUT2D eigenvalue weighted by atomic mass is 10.0. The van der Waals surface area contributed by atoms with Gasteiger partial charge in [0.15, 0.2) is 0 Å². The van der Waals surface area contributed by atoms with Crippen LogP contribution in [-0.4, -0.2) is 17.7 Å². The predicted octanol–water partition coefficient (Wildman–Crippen LogP) is 6.81. The number of hydrogen-bond donors (Lipinski definition) is 2. The molecule has 0 saturated heterocycles. The summed E-state index contributed by atoms with van der Waals surface area (Å²) in [5.41, 5.74) is 3.92. The average molecular weight is 543 g/mol. The summed E-state index contributed by atoms with van der Waals surface area (Å²) in [7, 11) is 0. The Morgan fingerprint density at radius 1 is 0.833 bits per heavy atom. The quantitative estimate of drug-likeness (QED) is 0.322. The fraction of sp³-hybridized carbons (Fsp3) is 0.148. The van der Waals surface area contributed by atoms with E-state index < -0.39 is 11.8 Å². The Labute approximate surface area is 223 Å². The topological polar surface area (TPSA) is 78.5 Å². The number of imide groups is 1. The summed E-state index contributed by atoms with van der Waals surface area (Å²) < 4.78 is 0. The molecule has 3 amide bonds. The third kappa shape index (κ3) is 4.85. The van der Waals surface area contributed by atoms with Crippen molar-refractivity contribution in [2.45, 2.75) is 26.7 Å². The molecule has 6 nitrogen and oxygen atoms in total. The summed E-state index contributed by atoms with van der Waals surface area (Å²) in [6, 6.07) is 17.1. The zero-order valence-electron chi connectivity index (χ0n) is 19.5. The minimum Gasteiger partial charge on any atom is -0.350 e. The van der Waals surface area contributed by atoms with Crippen LogP contribution in [0.2, 0.25) is 10.0 Å². The monoisotopic (exact) mass is 541 g/mol. The minimum atomic E-state index is -0.717. The summed E-state index contributed by atoms with van der Waals surface area (Å²) >= 11 is 18.4. The summed E-state index contributed by atoms with van der Waals surface area (Å²) in [6.45, 7) is 4.09. The highest BCUT2D eigenvalue weighted by atomic mass is 35.5. The maximum Gasteiger partial charge on any atom is 0.283 e. The van der Waals surface area contributed by atoms with E-state index in [2.05, 4.69) is 10.6 Å². The summed E-state index contributed by atoms with van der Waals surface area (Å²) in [5.74, 6) is -1.63. The molecule has 0 bridgehead atoms. The van der Waals surface area contributed by atoms with Gasteiger partial charge < -0.3 is 10.6 Å². The van der Waals surface area contributed by atoms with Crippen LogP contribution in [0.25, 0.3) is 0 Å². The Kier molecular flexibility index (Phi) is 7.69. The van der Waals surface area contributed by atoms with Gasteiger partial charge in [-0.1, -0.05) is 72.9 Å². The van der Waals surface area contributed by atoms with E-state index in [-0.39, 0.29) is 32.4 Å². The molecule has 0 aromatic heterocycles. The number of carbonyl (C=O) groups excluding carboxylic acids is 3. The van der Waals surface area contributed by atoms with E-state index in [1.807, 2.05) is 32.0 Å². The molecule has 0 fully saturated rings. The molecule has 1 aliphatic heterocycles. The lowest BCUT2D eigenvalue weighted by Crippen LogP contribution is -2.32. The van der Waals surface area contributed by atoms with Gasteiger partial charge in [0.25, 0.3) is 17.7 Å². The van der Waals surface area contributed by atoms with Crippen molar-refractivity contribution < 1.29 is 14.4 Å². The lowest BCUT2D eigenvalue weighted by Gasteiger charge is -2.17. The fourth-order valence-corrected chi connectivity index (χ4v) is 4.53. The normalized spacial score (nSPS) is 13.4. The second kappa shape index (κ2) is 10.7. The Bertz CT molecular complexity index is 1380. The molecule has 0 radical (unpaired) electrons. The van der Waals surface area contributed by atoms with E-state index in [0.717, 1.165) is 34.6 Å². The van der Waals surface area contributed by atoms with Gasteiger partial charge >= 0.3 is 0 Å². The van der Waals surface area contributed by atoms with Gasteiger partial charge in [0.05, 0.1) is 15.7 Å². The lowest BCUT2D eigenvalue weighted by molar-refractivity contribution is -0.120. The molecule has 2 N–H and O–H groups in total. The van der Waals surface area contributed by atoms with E-state index in [4.69, 9.17) is 34.8 Å². The molecule has 4 rings (SSSR count). The fourth-order valence-electron chi connectivity index (χ4n) is 3.93. The third-order valence-corrected chi connectivity index (χ3v) is 7.01. The van der Waals surface area contributed by atoms with Crippen LogP contribution >= 0.6 is 34.8 Å². The number of carbonyl (C=O) groups is 3. The first-order valence-electron chi connectivity index (χ1n) is 11.3. The molecule has 0 atom stereocenters. The first-order valence-corrected chi connectivity index (χ1v) is 12.4. The van der Waals surface area contributed by atoms with Crippen molar-refractivity contribution >= 4 is 69.6 Å². The molecule has 0 saturated carbocycles. The van der Waals surface area contributed by atoms with Crippen LogP contribution in [0.5, 0.6) is 0 Å². The smallest absolute Gasteiger partial charge is 0.283 e. The van der Waals surface area contributed by atoms with Gasteiger partial charge in [-0.15, -0.1) is 0 Å². The van der Waals surface area contributed by atoms with E-state index in [9.17, 15) is 14.4 Å². The van der Waals surface area contributed by atoms with Crippen molar-refractivity contribution in [2.24, 2.45) is 0 Å². The third-order valence-electron chi connectivity index (χ3n) is 5.85. The molecule has 184 valence electrons. The van der Waals surface area contributed by atoms with Crippen LogP contribution in [-0.2, 0) is 22.4 Å². The Balaban J connectivity index is 1.52. The second-order valence-corrected chi connectivity index (χ2v) is 9.19. The van der Waals surface area contributed by atoms with Gasteiger partial charge in [-0.3, -0.25) is 14.4 Å². The van der Waals surface area contributed by atoms with Crippen LogP contribution in [0.3, 0.4) is 0 Å². The second-order valence-electron chi connectivity index (χ2n) is 8.02. The van der Waals surface area contributed by atoms with Crippen molar-refractivity contribution in [3.63, 3.8) is 0 Å². The SMILES string of the molecule is CCc1cccc(CC)c1NC(=O)c1ccc(NC2=C(Cl)C(=O)N(c3cccc(Cl)c3Cl)C2=O)cc1. The van der Waals surface area contributed by atoms with Crippen LogP contribution in [0.15, 0.2) is 71.4 Å². The molecule has 1 heterocycles. The zero-order valence-corrected chi connectivity index (χ0v) is 21.8. The van der Waals surface area contributed by atoms with Gasteiger partial charge in [-0.05, 0) is 60.4 Å². The van der Waals surface area contributed by atoms with Gasteiger partial charge in [-0.2, -0.15) is 0 Å². The molecule has 36 heavy (non-hydrogen) atoms. The first kappa shape index (κ1) is 25.8. The number of para-hydroxylation sites is 1. The largest absolute Gasteiger partial charge is 0.350 e. The van der Waals surface area contributed by atoms with Crippen LogP contribution < -0.4 is 15.5 Å². The standard InChI is InChI=1S/C27H22Cl3N3O3/c1-3-15-7-5-8-16(4-2)23(15)32-25(34)17-11-13-18(14-12-17)31-24-22(30)26(35)33(27(24)36)20-10-6-9-19(28)21(20)29/h5-14,31H,3-4H2,1-2H3,(H,32,34). The zero-order chi connectivity index (χ0) is 26.0. The van der Waals surface area contributed by atoms with Crippen molar-refractivity contribution in [2.75, 3.05) is 15.5 Å². The van der Waals surface area contributed by atoms with Gasteiger partial charge in [0.2, 0.25) is 0 Å². The van der Waals surface area contributed by atoms with Gasteiger partial charge in [-0.25, -0.2) is 4.90 Å². The summed E-state index contributed by atoms with van der Waals surface area (Å²) in [4.78, 5) is 39.5. The maximum atomic E-state index is 13.0. The Morgan fingerprint density at radius 3 is 2.06 bits per heavy atom. The van der Waals surface area contributed by atoms with Crippen LogP contribution in [0, 0.1) is 0 Å². The Morgan fingerprint density at radius 2 is 1.44 bits per heavy atom. The highest BCUT2D eigenvalue weighted by molar-refractivity contribution is 6.54. The van der Waals surface area contributed by atoms with E-state index in [0.29, 0.717) is 11.3 Å². The molecule has 0 unspecified atom stereocenters. The van der Waals surface area contributed by atoms with Crippen molar-refractivity contribution in [1.29, 1.82) is 0 Å². The van der Waals surface area contributed by atoms with E-state index >= 15 is 0 Å². The summed E-state index contributed by atoms with van der Waals surface area (Å²) in [6.07, 6.45) is 1.60. The molecule has 3 aromatic rings. The molecule has 9 heteroatoms. The highest BCUT2D eigenvalue weighted by Gasteiger charge is 2.40. The minimum absolute atomic E-state index is 0.0674. The molecule has 0 aliphatic carbocycles. The molecule has 0 spiro atoms. The number of benzene rings is 3. The number of anilines is 3. The first-order chi connectivity index (χ1) is 17.3. The molecular formula is C27H22Cl3N3O3. The van der Waals surface area contributed by atoms with E-state index in [1.54, 1.807) is 36.4 Å². The number of amides is 3. The summed E-state index contributed by atoms with van der Waals surface area (Å²) in [5, 5.41) is 5.90. The highest BCUT2D eigenvalue weighted by Crippen LogP contribution is 2.37. The molecule has 3 aromatic carbocycles. The molecular weight excluding hydrogens is 521 g/mol. The maximum absolute atomic E-state index is 13.0. The Hall–Kier alpha value is -3.32. The number of aryl methyl sites for hydroxylation is 2. The van der Waals surface area contributed by atoms with Gasteiger partial charge in [0.1, 0.15) is 10.7 Å². The van der Waals surface area contributed by atoms with Gasteiger partial charge in [0, 0.05) is 16.9 Å².